The van der Waals surface area contributed by atoms with Crippen molar-refractivity contribution in [3.8, 4) is 0 Å². The Morgan fingerprint density at radius 1 is 1.50 bits per heavy atom. The second-order valence-electron chi connectivity index (χ2n) is 3.07. The first kappa shape index (κ1) is 9.09. The molecular formula is C10H8ClNO2. The predicted octanol–water partition coefficient (Wildman–Crippen LogP) is 2.80. The lowest BCUT2D eigenvalue weighted by Gasteiger charge is -2.20. The van der Waals surface area contributed by atoms with Crippen molar-refractivity contribution in [3.05, 3.63) is 40.5 Å². The zero-order valence-corrected chi connectivity index (χ0v) is 8.03. The molecule has 2 rings (SSSR count). The predicted molar refractivity (Wildman–Crippen MR) is 54.1 cm³/mol. The number of fused-ring (bicyclic) bond motifs is 1. The van der Waals surface area contributed by atoms with E-state index < -0.39 is 6.09 Å². The molecule has 0 aliphatic carbocycles. The molecule has 0 spiro atoms. The van der Waals surface area contributed by atoms with Gasteiger partial charge in [0.2, 0.25) is 0 Å². The van der Waals surface area contributed by atoms with Crippen LogP contribution in [-0.4, -0.2) is 16.1 Å². The number of hydrogen-bond acceptors (Lipinski definition) is 1. The van der Waals surface area contributed by atoms with E-state index in [9.17, 15) is 4.79 Å². The molecule has 4 heteroatoms. The Kier molecular flexibility index (Phi) is 2.17. The zero-order valence-electron chi connectivity index (χ0n) is 7.27. The van der Waals surface area contributed by atoms with Gasteiger partial charge in [-0.3, -0.25) is 4.90 Å². The van der Waals surface area contributed by atoms with Crippen LogP contribution in [0.3, 0.4) is 0 Å². The third-order valence-corrected chi connectivity index (χ3v) is 2.36. The molecule has 1 aromatic rings. The smallest absolute Gasteiger partial charge is 0.411 e. The van der Waals surface area contributed by atoms with E-state index in [0.717, 1.165) is 11.1 Å². The van der Waals surface area contributed by atoms with Gasteiger partial charge in [0.15, 0.2) is 0 Å². The SMILES string of the molecule is O=C(O)N1C=Cc2ccc(Cl)cc2C1. The molecule has 1 amide bonds. The molecule has 72 valence electrons. The number of amides is 1. The molecule has 0 bridgehead atoms. The summed E-state index contributed by atoms with van der Waals surface area (Å²) in [4.78, 5) is 11.9. The van der Waals surface area contributed by atoms with Crippen LogP contribution in [0.1, 0.15) is 11.1 Å². The third-order valence-electron chi connectivity index (χ3n) is 2.13. The number of carbonyl (C=O) groups is 1. The number of nitrogens with zero attached hydrogens (tertiary/aromatic N) is 1. The molecule has 0 aromatic heterocycles. The Hall–Kier alpha value is -1.48. The summed E-state index contributed by atoms with van der Waals surface area (Å²) in [6.07, 6.45) is 2.37. The van der Waals surface area contributed by atoms with E-state index in [1.54, 1.807) is 24.4 Å². The van der Waals surface area contributed by atoms with Crippen molar-refractivity contribution in [1.29, 1.82) is 0 Å². The van der Waals surface area contributed by atoms with Crippen LogP contribution in [0.5, 0.6) is 0 Å². The number of rotatable bonds is 0. The first-order valence-corrected chi connectivity index (χ1v) is 4.51. The fourth-order valence-electron chi connectivity index (χ4n) is 1.41. The van der Waals surface area contributed by atoms with Crippen LogP contribution in [0.2, 0.25) is 5.02 Å². The minimum absolute atomic E-state index is 0.363. The van der Waals surface area contributed by atoms with Crippen LogP contribution in [0.25, 0.3) is 6.08 Å². The molecule has 1 aliphatic rings. The first-order chi connectivity index (χ1) is 6.66. The summed E-state index contributed by atoms with van der Waals surface area (Å²) in [7, 11) is 0. The molecule has 1 aromatic carbocycles. The molecule has 1 N–H and O–H groups in total. The molecule has 0 fully saturated rings. The van der Waals surface area contributed by atoms with Crippen LogP contribution < -0.4 is 0 Å². The van der Waals surface area contributed by atoms with Crippen LogP contribution in [0.15, 0.2) is 24.4 Å². The highest BCUT2D eigenvalue weighted by Crippen LogP contribution is 2.22. The lowest BCUT2D eigenvalue weighted by molar-refractivity contribution is 0.161. The number of hydrogen-bond donors (Lipinski definition) is 1. The van der Waals surface area contributed by atoms with Crippen molar-refractivity contribution in [3.63, 3.8) is 0 Å². The van der Waals surface area contributed by atoms with Crippen molar-refractivity contribution >= 4 is 23.8 Å². The maximum atomic E-state index is 10.7. The minimum atomic E-state index is -0.952. The van der Waals surface area contributed by atoms with Gasteiger partial charge in [0.25, 0.3) is 0 Å². The average Bonchev–Trinajstić information content (AvgIpc) is 2.16. The van der Waals surface area contributed by atoms with Crippen LogP contribution in [0.4, 0.5) is 4.79 Å². The molecule has 0 radical (unpaired) electrons. The Labute approximate surface area is 86.2 Å². The molecule has 0 unspecified atom stereocenters. The van der Waals surface area contributed by atoms with Gasteiger partial charge in [-0.1, -0.05) is 17.7 Å². The number of carboxylic acid groups (broad SMARTS) is 1. The topological polar surface area (TPSA) is 40.5 Å². The van der Waals surface area contributed by atoms with E-state index in [2.05, 4.69) is 0 Å². The largest absolute Gasteiger partial charge is 0.465 e. The molecule has 3 nitrogen and oxygen atoms in total. The molecule has 0 saturated heterocycles. The van der Waals surface area contributed by atoms with E-state index in [1.165, 1.54) is 4.90 Å². The Morgan fingerprint density at radius 3 is 3.00 bits per heavy atom. The summed E-state index contributed by atoms with van der Waals surface area (Å²) in [5, 5.41) is 9.40. The molecule has 0 saturated carbocycles. The van der Waals surface area contributed by atoms with Crippen molar-refractivity contribution in [1.82, 2.24) is 4.90 Å². The van der Waals surface area contributed by atoms with E-state index in [4.69, 9.17) is 16.7 Å². The van der Waals surface area contributed by atoms with Gasteiger partial charge in [-0.15, -0.1) is 0 Å². The summed E-state index contributed by atoms with van der Waals surface area (Å²) in [6.45, 7) is 0.363. The van der Waals surface area contributed by atoms with Gasteiger partial charge in [0, 0.05) is 11.2 Å². The molecule has 1 aliphatic heterocycles. The highest BCUT2D eigenvalue weighted by molar-refractivity contribution is 6.30. The highest BCUT2D eigenvalue weighted by Gasteiger charge is 2.15. The summed E-state index contributed by atoms with van der Waals surface area (Å²) in [6, 6.07) is 5.46. The quantitative estimate of drug-likeness (QED) is 0.714. The third kappa shape index (κ3) is 1.59. The monoisotopic (exact) mass is 209 g/mol. The second-order valence-corrected chi connectivity index (χ2v) is 3.51. The summed E-state index contributed by atoms with van der Waals surface area (Å²) < 4.78 is 0. The van der Waals surface area contributed by atoms with Crippen molar-refractivity contribution < 1.29 is 9.90 Å². The minimum Gasteiger partial charge on any atom is -0.465 e. The van der Waals surface area contributed by atoms with Gasteiger partial charge in [0.05, 0.1) is 6.54 Å². The molecule has 1 heterocycles. The number of benzene rings is 1. The Balaban J connectivity index is 2.37. The highest BCUT2D eigenvalue weighted by atomic mass is 35.5. The lowest BCUT2D eigenvalue weighted by atomic mass is 10.0. The number of halogens is 1. The van der Waals surface area contributed by atoms with E-state index in [1.807, 2.05) is 6.07 Å². The maximum Gasteiger partial charge on any atom is 0.411 e. The summed E-state index contributed by atoms with van der Waals surface area (Å²) >= 11 is 5.81. The van der Waals surface area contributed by atoms with Gasteiger partial charge < -0.3 is 5.11 Å². The van der Waals surface area contributed by atoms with E-state index >= 15 is 0 Å². The van der Waals surface area contributed by atoms with Crippen molar-refractivity contribution in [2.75, 3.05) is 0 Å². The van der Waals surface area contributed by atoms with E-state index in [-0.39, 0.29) is 0 Å². The molecule has 0 atom stereocenters. The van der Waals surface area contributed by atoms with Gasteiger partial charge in [0.1, 0.15) is 0 Å². The average molecular weight is 210 g/mol. The Bertz CT molecular complexity index is 415. The van der Waals surface area contributed by atoms with Crippen LogP contribution in [-0.2, 0) is 6.54 Å². The van der Waals surface area contributed by atoms with Gasteiger partial charge >= 0.3 is 6.09 Å². The van der Waals surface area contributed by atoms with Gasteiger partial charge in [-0.2, -0.15) is 0 Å². The van der Waals surface area contributed by atoms with Crippen molar-refractivity contribution in [2.45, 2.75) is 6.54 Å². The normalized spacial score (nSPS) is 13.9. The fourth-order valence-corrected chi connectivity index (χ4v) is 1.61. The summed E-state index contributed by atoms with van der Waals surface area (Å²) in [5.74, 6) is 0. The standard InChI is InChI=1S/C10H8ClNO2/c11-9-2-1-7-3-4-12(10(13)14)6-8(7)5-9/h1-5H,6H2,(H,13,14). The first-order valence-electron chi connectivity index (χ1n) is 4.13. The maximum absolute atomic E-state index is 10.7. The second kappa shape index (κ2) is 3.35. The van der Waals surface area contributed by atoms with Crippen LogP contribution >= 0.6 is 11.6 Å². The lowest BCUT2D eigenvalue weighted by Crippen LogP contribution is -2.25. The van der Waals surface area contributed by atoms with Gasteiger partial charge in [-0.25, -0.2) is 4.79 Å². The zero-order chi connectivity index (χ0) is 10.1. The van der Waals surface area contributed by atoms with Crippen LogP contribution in [0, 0.1) is 0 Å². The van der Waals surface area contributed by atoms with Gasteiger partial charge in [-0.05, 0) is 29.3 Å². The van der Waals surface area contributed by atoms with Crippen molar-refractivity contribution in [2.24, 2.45) is 0 Å². The Morgan fingerprint density at radius 2 is 2.29 bits per heavy atom. The summed E-state index contributed by atoms with van der Waals surface area (Å²) in [5.41, 5.74) is 1.95. The molecular weight excluding hydrogens is 202 g/mol. The van der Waals surface area contributed by atoms with E-state index in [0.29, 0.717) is 11.6 Å². The molecule has 14 heavy (non-hydrogen) atoms. The fraction of sp³-hybridized carbons (Fsp3) is 0.100.